The van der Waals surface area contributed by atoms with Crippen molar-refractivity contribution < 1.29 is 0 Å². The summed E-state index contributed by atoms with van der Waals surface area (Å²) >= 11 is 0. The second kappa shape index (κ2) is 21.2. The van der Waals surface area contributed by atoms with E-state index in [9.17, 15) is 0 Å². The van der Waals surface area contributed by atoms with Gasteiger partial charge >= 0.3 is 0 Å². The van der Waals surface area contributed by atoms with Crippen molar-refractivity contribution in [1.82, 2.24) is 14.5 Å². The van der Waals surface area contributed by atoms with E-state index >= 15 is 0 Å². The van der Waals surface area contributed by atoms with Crippen molar-refractivity contribution in [3.8, 4) is 39.3 Å². The minimum Gasteiger partial charge on any atom is -0.311 e. The molecule has 8 aliphatic carbocycles. The number of rotatable bonds is 6. The number of anilines is 3. The monoisotopic (exact) mass is 1330 g/mol. The average molecular weight is 1330 g/mol. The molecule has 25 rings (SSSR count). The number of nitrogens with zero attached hydrogens (tertiary/aromatic N) is 4. The smallest absolute Gasteiger partial charge is 0.252 e. The lowest BCUT2D eigenvalue weighted by molar-refractivity contribution is -0.00518. The van der Waals surface area contributed by atoms with Crippen LogP contribution in [0.2, 0.25) is 0 Å². The zero-order chi connectivity index (χ0) is 68.3. The quantitative estimate of drug-likeness (QED) is 0.123. The first-order valence-corrected chi connectivity index (χ1v) is 39.1. The maximum absolute atomic E-state index is 5.61. The van der Waals surface area contributed by atoms with Gasteiger partial charge in [0.05, 0.1) is 22.4 Å². The predicted molar refractivity (Wildman–Crippen MR) is 434 cm³/mol. The molecule has 2 aromatic heterocycles. The molecule has 0 unspecified atom stereocenters. The van der Waals surface area contributed by atoms with Crippen molar-refractivity contribution in [2.45, 2.75) is 134 Å². The van der Waals surface area contributed by atoms with E-state index in [1.165, 1.54) is 207 Å². The van der Waals surface area contributed by atoms with E-state index in [4.69, 9.17) is 9.97 Å². The first-order valence-electron chi connectivity index (χ1n) is 39.1. The van der Waals surface area contributed by atoms with Crippen LogP contribution in [0.15, 0.2) is 225 Å². The summed E-state index contributed by atoms with van der Waals surface area (Å²) in [6, 6.07) is 86.9. The Hall–Kier alpha value is -9.84. The van der Waals surface area contributed by atoms with E-state index in [0.29, 0.717) is 5.92 Å². The Bertz CT molecular complexity index is 6100. The third kappa shape index (κ3) is 8.48. The van der Waals surface area contributed by atoms with Crippen LogP contribution >= 0.6 is 0 Å². The van der Waals surface area contributed by atoms with Crippen LogP contribution in [0.4, 0.5) is 17.1 Å². The highest BCUT2D eigenvalue weighted by Crippen LogP contribution is 2.63. The molecule has 0 radical (unpaired) electrons. The molecule has 2 aliphatic heterocycles. The number of hydrogen-bond donors (Lipinski definition) is 0. The molecular formula is C98H85BN4. The van der Waals surface area contributed by atoms with Gasteiger partial charge in [-0.3, -0.25) is 0 Å². The number of aromatic nitrogens is 3. The third-order valence-electron chi connectivity index (χ3n) is 28.0. The number of hydrogen-bond acceptors (Lipinski definition) is 3. The third-order valence-corrected chi connectivity index (χ3v) is 28.0. The van der Waals surface area contributed by atoms with E-state index in [1.807, 2.05) is 6.33 Å². The molecule has 0 amide bonds. The lowest BCUT2D eigenvalue weighted by atomic mass is 9.33. The highest BCUT2D eigenvalue weighted by molar-refractivity contribution is 7.00. The van der Waals surface area contributed by atoms with Crippen molar-refractivity contribution in [1.29, 1.82) is 0 Å². The first kappa shape index (κ1) is 59.7. The summed E-state index contributed by atoms with van der Waals surface area (Å²) in [5, 5.41) is 18.1. The van der Waals surface area contributed by atoms with E-state index in [2.05, 4.69) is 269 Å². The summed E-state index contributed by atoms with van der Waals surface area (Å²) in [6.07, 6.45) is 17.3. The molecule has 0 atom stereocenters. The fourth-order valence-electron chi connectivity index (χ4n) is 24.3. The standard InChI is InChI=1S/C98H85BN4/c1-96(2,3)66-31-34-69(35-32-66)102-82-37-33-68(97(4,5)6)49-80(82)99-81-50-79-75-20-10-8-16-71(75)73-18-12-14-22-77(73)89(79)91-90-83(38-36-78-74-19-9-7-15-70(74)72-17-11-13-21-76(72)88(78)90)103(95(81)91)85-48-65(47-84(102)92(85)99)87-93(61-25-23-60(24-26-61)86-63-43-55-39-56(45-63)46-64(86)44-55)100-54-101-94(87)62-27-29-67(30-28-62)98-51-57-40-58(52-98)42-59(41-57)53-98/h7-38,47-50,54-59,63-64,86H,39-46,51-53H2,1-6H3. The maximum atomic E-state index is 5.61. The molecule has 0 saturated heterocycles. The highest BCUT2D eigenvalue weighted by atomic mass is 15.2. The minimum absolute atomic E-state index is 0.0316. The Labute approximate surface area is 604 Å². The van der Waals surface area contributed by atoms with Crippen LogP contribution in [0.1, 0.15) is 140 Å². The highest BCUT2D eigenvalue weighted by Gasteiger charge is 2.53. The topological polar surface area (TPSA) is 34.0 Å². The van der Waals surface area contributed by atoms with Gasteiger partial charge in [-0.25, -0.2) is 9.97 Å². The van der Waals surface area contributed by atoms with Gasteiger partial charge in [-0.1, -0.05) is 224 Å². The van der Waals surface area contributed by atoms with Crippen LogP contribution in [0.25, 0.3) is 126 Å². The molecule has 4 heterocycles. The van der Waals surface area contributed by atoms with Crippen molar-refractivity contribution in [3.63, 3.8) is 0 Å². The van der Waals surface area contributed by atoms with Gasteiger partial charge < -0.3 is 9.47 Å². The molecule has 4 nitrogen and oxygen atoms in total. The van der Waals surface area contributed by atoms with Crippen LogP contribution in [-0.2, 0) is 16.2 Å². The Kier molecular flexibility index (Phi) is 12.3. The zero-order valence-corrected chi connectivity index (χ0v) is 60.1. The second-order valence-corrected chi connectivity index (χ2v) is 35.8. The fraction of sp³-hybridized carbons (Fsp3) is 0.286. The SMILES string of the molecule is CC(C)(C)c1ccc(N2c3ccc(C(C)(C)C)cc3B3c4c2cc(-c2c(-c5ccc(C6C7CC8CC(C7)CC6C8)cc5)ncnc2-c2ccc(C56CC7CC(CC(C7)C5)C6)cc2)cc4-n2c4ccc5c6ccccc6c6ccccc6c5c4c4c5c6ccccc6c6ccccc6c5cc3c42)cc1. The molecule has 0 N–H and O–H groups in total. The molecule has 0 spiro atoms. The van der Waals surface area contributed by atoms with Crippen molar-refractivity contribution in [3.05, 3.63) is 247 Å². The van der Waals surface area contributed by atoms with E-state index in [0.717, 1.165) is 80.8 Å². The van der Waals surface area contributed by atoms with Crippen LogP contribution < -0.4 is 21.3 Å². The number of fused-ring (bicyclic) bond motifs is 21. The van der Waals surface area contributed by atoms with Crippen molar-refractivity contribution in [2.75, 3.05) is 4.90 Å². The first-order chi connectivity index (χ1) is 50.2. The van der Waals surface area contributed by atoms with Gasteiger partial charge in [0.2, 0.25) is 0 Å². The Morgan fingerprint density at radius 3 is 1.44 bits per heavy atom. The normalized spacial score (nSPS) is 23.6. The summed E-state index contributed by atoms with van der Waals surface area (Å²) in [6.45, 7) is 14.0. The van der Waals surface area contributed by atoms with Gasteiger partial charge in [0.1, 0.15) is 6.33 Å². The molecule has 10 aliphatic rings. The van der Waals surface area contributed by atoms with Crippen LogP contribution in [0.5, 0.6) is 0 Å². The van der Waals surface area contributed by atoms with Gasteiger partial charge in [0.15, 0.2) is 0 Å². The van der Waals surface area contributed by atoms with Gasteiger partial charge in [-0.15, -0.1) is 0 Å². The van der Waals surface area contributed by atoms with E-state index in [-0.39, 0.29) is 23.0 Å². The lowest BCUT2D eigenvalue weighted by Crippen LogP contribution is -2.60. The summed E-state index contributed by atoms with van der Waals surface area (Å²) in [5.74, 6) is 6.70. The summed E-state index contributed by atoms with van der Waals surface area (Å²) in [4.78, 5) is 13.9. The second-order valence-electron chi connectivity index (χ2n) is 35.8. The van der Waals surface area contributed by atoms with Gasteiger partial charge in [-0.05, 0) is 269 Å². The molecule has 15 aromatic rings. The summed E-state index contributed by atoms with van der Waals surface area (Å²) in [5.41, 5.74) is 23.6. The van der Waals surface area contributed by atoms with Gasteiger partial charge in [0, 0.05) is 61.0 Å². The molecule has 8 bridgehead atoms. The summed E-state index contributed by atoms with van der Waals surface area (Å²) < 4.78 is 2.77. The lowest BCUT2D eigenvalue weighted by Gasteiger charge is -2.57. The maximum Gasteiger partial charge on any atom is 0.252 e. The number of benzene rings is 13. The Morgan fingerprint density at radius 2 is 0.874 bits per heavy atom. The van der Waals surface area contributed by atoms with Gasteiger partial charge in [-0.2, -0.15) is 0 Å². The Balaban J connectivity index is 0.863. The molecule has 13 aromatic carbocycles. The molecule has 8 fully saturated rings. The molecule has 8 saturated carbocycles. The van der Waals surface area contributed by atoms with Crippen LogP contribution in [0, 0.1) is 41.4 Å². The molecule has 103 heavy (non-hydrogen) atoms. The Morgan fingerprint density at radius 1 is 0.388 bits per heavy atom. The molecule has 500 valence electrons. The van der Waals surface area contributed by atoms with Crippen molar-refractivity contribution in [2.24, 2.45) is 41.4 Å². The largest absolute Gasteiger partial charge is 0.311 e. The zero-order valence-electron chi connectivity index (χ0n) is 60.1. The predicted octanol–water partition coefficient (Wildman–Crippen LogP) is 23.7. The summed E-state index contributed by atoms with van der Waals surface area (Å²) in [7, 11) is 0. The fourth-order valence-corrected chi connectivity index (χ4v) is 24.3. The van der Waals surface area contributed by atoms with Crippen LogP contribution in [0.3, 0.4) is 0 Å². The van der Waals surface area contributed by atoms with Gasteiger partial charge in [0.25, 0.3) is 6.71 Å². The van der Waals surface area contributed by atoms with Crippen LogP contribution in [-0.4, -0.2) is 21.2 Å². The van der Waals surface area contributed by atoms with E-state index < -0.39 is 0 Å². The minimum atomic E-state index is -0.153. The van der Waals surface area contributed by atoms with E-state index in [1.54, 1.807) is 5.56 Å². The molecular weight excluding hydrogens is 1240 g/mol. The average Bonchev–Trinajstić information content (AvgIpc) is 1.55. The van der Waals surface area contributed by atoms with Crippen molar-refractivity contribution >= 4 is 127 Å². The molecule has 5 heteroatoms.